The van der Waals surface area contributed by atoms with E-state index in [1.807, 2.05) is 19.1 Å². The number of nitrogens with one attached hydrogen (secondary N) is 3. The number of hydrogen-bond acceptors (Lipinski definition) is 6. The lowest BCUT2D eigenvalue weighted by Crippen LogP contribution is -2.44. The first-order chi connectivity index (χ1) is 15.7. The van der Waals surface area contributed by atoms with Gasteiger partial charge in [-0.25, -0.2) is 4.99 Å². The Bertz CT molecular complexity index is 1040. The van der Waals surface area contributed by atoms with Crippen LogP contribution in [-0.4, -0.2) is 50.6 Å². The molecule has 4 rings (SSSR count). The maximum absolute atomic E-state index is 13.0. The minimum absolute atomic E-state index is 0.172. The van der Waals surface area contributed by atoms with Crippen molar-refractivity contribution in [3.63, 3.8) is 0 Å². The zero-order chi connectivity index (χ0) is 23.6. The molecule has 6 nitrogen and oxygen atoms in total. The molecule has 9 heteroatoms. The second-order valence-electron chi connectivity index (χ2n) is 8.52. The summed E-state index contributed by atoms with van der Waals surface area (Å²) < 4.78 is 39.1. The minimum atomic E-state index is -4.36. The molecule has 0 radical (unpaired) electrons. The summed E-state index contributed by atoms with van der Waals surface area (Å²) in [7, 11) is 2.14. The van der Waals surface area contributed by atoms with Crippen molar-refractivity contribution in [1.82, 2.24) is 10.2 Å². The number of anilines is 3. The molecule has 2 aliphatic rings. The number of nitrogens with zero attached hydrogens (tertiary/aromatic N) is 3. The molecule has 2 aromatic rings. The van der Waals surface area contributed by atoms with Crippen LogP contribution in [0, 0.1) is 6.92 Å². The highest BCUT2D eigenvalue weighted by atomic mass is 19.4. The van der Waals surface area contributed by atoms with Gasteiger partial charge in [0.05, 0.1) is 5.56 Å². The van der Waals surface area contributed by atoms with Crippen LogP contribution in [0.25, 0.3) is 0 Å². The fourth-order valence-electron chi connectivity index (χ4n) is 3.94. The summed E-state index contributed by atoms with van der Waals surface area (Å²) in [6, 6.07) is 12.3. The van der Waals surface area contributed by atoms with Gasteiger partial charge in [-0.3, -0.25) is 0 Å². The Morgan fingerprint density at radius 2 is 1.64 bits per heavy atom. The second-order valence-corrected chi connectivity index (χ2v) is 8.52. The van der Waals surface area contributed by atoms with Gasteiger partial charge in [-0.2, -0.15) is 13.2 Å². The predicted octanol–water partition coefficient (Wildman–Crippen LogP) is 4.48. The third-order valence-electron chi connectivity index (χ3n) is 5.93. The van der Waals surface area contributed by atoms with Crippen molar-refractivity contribution >= 4 is 23.3 Å². The standard InChI is InChI=1S/C24H29F3N6/c1-16-14-19(6-9-21(16)24(25,26)27)29-22-17(2)15-28-23(31-22)30-18-4-7-20(8-5-18)33-12-10-32(3)11-13-33/h4-9,14-15,23,29-31H,10-13H2,1-3H3. The van der Waals surface area contributed by atoms with E-state index in [2.05, 4.69) is 49.9 Å². The van der Waals surface area contributed by atoms with Gasteiger partial charge in [-0.15, -0.1) is 0 Å². The van der Waals surface area contributed by atoms with Crippen LogP contribution in [0.2, 0.25) is 0 Å². The zero-order valence-corrected chi connectivity index (χ0v) is 19.0. The van der Waals surface area contributed by atoms with Crippen LogP contribution >= 0.6 is 0 Å². The summed E-state index contributed by atoms with van der Waals surface area (Å²) in [4.78, 5) is 9.17. The number of piperazine rings is 1. The number of hydrogen-bond donors (Lipinski definition) is 3. The SMILES string of the molecule is CC1=C(Nc2ccc(C(F)(F)F)c(C)c2)NC(Nc2ccc(N3CCN(C)CC3)cc2)N=C1. The molecule has 3 N–H and O–H groups in total. The van der Waals surface area contributed by atoms with Crippen LogP contribution in [0.15, 0.2) is 58.9 Å². The van der Waals surface area contributed by atoms with Crippen LogP contribution in [-0.2, 0) is 6.18 Å². The topological polar surface area (TPSA) is 54.9 Å². The fraction of sp³-hybridized carbons (Fsp3) is 0.375. The summed E-state index contributed by atoms with van der Waals surface area (Å²) in [6.45, 7) is 7.49. The smallest absolute Gasteiger partial charge is 0.369 e. The second kappa shape index (κ2) is 9.35. The molecule has 0 bridgehead atoms. The van der Waals surface area contributed by atoms with E-state index in [1.54, 1.807) is 6.21 Å². The van der Waals surface area contributed by atoms with E-state index >= 15 is 0 Å². The van der Waals surface area contributed by atoms with Gasteiger partial charge in [0.25, 0.3) is 0 Å². The monoisotopic (exact) mass is 458 g/mol. The molecule has 1 atom stereocenters. The van der Waals surface area contributed by atoms with E-state index in [1.165, 1.54) is 24.7 Å². The molecule has 2 heterocycles. The number of aliphatic imine (C=N–C) groups is 1. The molecule has 176 valence electrons. The first kappa shape index (κ1) is 23.0. The number of allylic oxidation sites excluding steroid dienone is 1. The summed E-state index contributed by atoms with van der Waals surface area (Å²) in [5.74, 6) is 0.690. The number of likely N-dealkylation sites (N-methyl/N-ethyl adjacent to an activating group) is 1. The van der Waals surface area contributed by atoms with E-state index in [9.17, 15) is 13.2 Å². The lowest BCUT2D eigenvalue weighted by Gasteiger charge is -2.34. The van der Waals surface area contributed by atoms with E-state index < -0.39 is 18.0 Å². The summed E-state index contributed by atoms with van der Waals surface area (Å²) in [6.07, 6.45) is -3.02. The molecule has 0 saturated carbocycles. The van der Waals surface area contributed by atoms with E-state index in [0.29, 0.717) is 11.5 Å². The van der Waals surface area contributed by atoms with Crippen LogP contribution < -0.4 is 20.9 Å². The number of alkyl halides is 3. The van der Waals surface area contributed by atoms with E-state index in [0.717, 1.165) is 43.5 Å². The van der Waals surface area contributed by atoms with Gasteiger partial charge >= 0.3 is 6.18 Å². The number of aryl methyl sites for hydroxylation is 1. The van der Waals surface area contributed by atoms with Crippen molar-refractivity contribution in [3.8, 4) is 0 Å². The van der Waals surface area contributed by atoms with E-state index in [4.69, 9.17) is 0 Å². The van der Waals surface area contributed by atoms with Gasteiger partial charge < -0.3 is 25.8 Å². The molecule has 1 saturated heterocycles. The van der Waals surface area contributed by atoms with Crippen LogP contribution in [0.3, 0.4) is 0 Å². The van der Waals surface area contributed by atoms with Crippen LogP contribution in [0.5, 0.6) is 0 Å². The lowest BCUT2D eigenvalue weighted by atomic mass is 10.1. The molecule has 0 aliphatic carbocycles. The Hall–Kier alpha value is -3.20. The Morgan fingerprint density at radius 3 is 2.27 bits per heavy atom. The molecular formula is C24H29F3N6. The highest BCUT2D eigenvalue weighted by molar-refractivity contribution is 5.81. The Labute approximate surface area is 192 Å². The molecule has 2 aromatic carbocycles. The average Bonchev–Trinajstić information content (AvgIpc) is 2.76. The van der Waals surface area contributed by atoms with Gasteiger partial charge in [0.15, 0.2) is 6.29 Å². The maximum atomic E-state index is 13.0. The predicted molar refractivity (Wildman–Crippen MR) is 128 cm³/mol. The first-order valence-corrected chi connectivity index (χ1v) is 10.9. The number of benzene rings is 2. The minimum Gasteiger partial charge on any atom is -0.369 e. The average molecular weight is 459 g/mol. The van der Waals surface area contributed by atoms with Crippen molar-refractivity contribution in [2.45, 2.75) is 26.3 Å². The van der Waals surface area contributed by atoms with Crippen LogP contribution in [0.1, 0.15) is 18.1 Å². The summed E-state index contributed by atoms with van der Waals surface area (Å²) in [5, 5.41) is 9.79. The van der Waals surface area contributed by atoms with Gasteiger partial charge in [0, 0.05) is 55.0 Å². The highest BCUT2D eigenvalue weighted by Crippen LogP contribution is 2.33. The normalized spacial score (nSPS) is 19.5. The van der Waals surface area contributed by atoms with Crippen molar-refractivity contribution in [2.75, 3.05) is 48.8 Å². The molecule has 1 fully saturated rings. The van der Waals surface area contributed by atoms with Crippen molar-refractivity contribution in [2.24, 2.45) is 4.99 Å². The maximum Gasteiger partial charge on any atom is 0.416 e. The van der Waals surface area contributed by atoms with Gasteiger partial charge in [-0.1, -0.05) is 0 Å². The Kier molecular flexibility index (Phi) is 6.51. The highest BCUT2D eigenvalue weighted by Gasteiger charge is 2.32. The number of halogens is 3. The largest absolute Gasteiger partial charge is 0.416 e. The molecule has 33 heavy (non-hydrogen) atoms. The molecule has 1 unspecified atom stereocenters. The van der Waals surface area contributed by atoms with Crippen molar-refractivity contribution in [1.29, 1.82) is 0 Å². The molecule has 0 amide bonds. The van der Waals surface area contributed by atoms with Crippen molar-refractivity contribution in [3.05, 3.63) is 65.0 Å². The van der Waals surface area contributed by atoms with Gasteiger partial charge in [0.1, 0.15) is 5.82 Å². The molecule has 0 spiro atoms. The summed E-state index contributed by atoms with van der Waals surface area (Å²) in [5.41, 5.74) is 3.10. The zero-order valence-electron chi connectivity index (χ0n) is 19.0. The lowest BCUT2D eigenvalue weighted by molar-refractivity contribution is -0.138. The quantitative estimate of drug-likeness (QED) is 0.617. The Balaban J connectivity index is 1.38. The van der Waals surface area contributed by atoms with Crippen LogP contribution in [0.4, 0.5) is 30.2 Å². The molecular weight excluding hydrogens is 429 g/mol. The summed E-state index contributed by atoms with van der Waals surface area (Å²) >= 11 is 0. The van der Waals surface area contributed by atoms with E-state index in [-0.39, 0.29) is 5.56 Å². The van der Waals surface area contributed by atoms with Crippen molar-refractivity contribution < 1.29 is 13.2 Å². The fourth-order valence-corrected chi connectivity index (χ4v) is 3.94. The molecule has 2 aliphatic heterocycles. The van der Waals surface area contributed by atoms with Gasteiger partial charge in [0.2, 0.25) is 0 Å². The third-order valence-corrected chi connectivity index (χ3v) is 5.93. The molecule has 0 aromatic heterocycles. The number of rotatable bonds is 5. The third kappa shape index (κ3) is 5.60. The first-order valence-electron chi connectivity index (χ1n) is 10.9. The Morgan fingerprint density at radius 1 is 0.970 bits per heavy atom. The van der Waals surface area contributed by atoms with Gasteiger partial charge in [-0.05, 0) is 68.9 Å².